The van der Waals surface area contributed by atoms with E-state index < -0.39 is 5.79 Å². The zero-order valence-electron chi connectivity index (χ0n) is 7.87. The second kappa shape index (κ2) is 3.96. The summed E-state index contributed by atoms with van der Waals surface area (Å²) in [6, 6.07) is 0.0850. The summed E-state index contributed by atoms with van der Waals surface area (Å²) in [6.45, 7) is 4.45. The van der Waals surface area contributed by atoms with E-state index in [1.54, 1.807) is 11.8 Å². The highest BCUT2D eigenvalue weighted by molar-refractivity contribution is 7.98. The van der Waals surface area contributed by atoms with Crippen molar-refractivity contribution in [1.29, 1.82) is 0 Å². The Balaban J connectivity index is 2.36. The average Bonchev–Trinajstić information content (AvgIpc) is 2.31. The Labute approximate surface area is 78.0 Å². The molecule has 0 radical (unpaired) electrons. The Morgan fingerprint density at radius 2 is 2.33 bits per heavy atom. The first-order chi connectivity index (χ1) is 5.55. The molecule has 2 N–H and O–H groups in total. The van der Waals surface area contributed by atoms with Gasteiger partial charge in [0, 0.05) is 11.8 Å². The highest BCUT2D eigenvalue weighted by Gasteiger charge is 2.35. The largest absolute Gasteiger partial charge is 0.348 e. The van der Waals surface area contributed by atoms with E-state index >= 15 is 0 Å². The average molecular weight is 191 g/mol. The molecule has 0 spiro atoms. The van der Waals surface area contributed by atoms with Crippen LogP contribution in [0.25, 0.3) is 0 Å². The first-order valence-corrected chi connectivity index (χ1v) is 5.51. The first-order valence-electron chi connectivity index (χ1n) is 4.11. The Bertz CT molecular complexity index is 152. The van der Waals surface area contributed by atoms with E-state index in [1.807, 2.05) is 20.1 Å². The van der Waals surface area contributed by atoms with Crippen LogP contribution in [0, 0.1) is 0 Å². The van der Waals surface area contributed by atoms with Gasteiger partial charge in [0.15, 0.2) is 5.79 Å². The number of thioether (sulfide) groups is 1. The lowest BCUT2D eigenvalue weighted by Gasteiger charge is -2.20. The molecule has 0 bridgehead atoms. The predicted octanol–water partition coefficient (Wildman–Crippen LogP) is 0.828. The molecule has 1 saturated heterocycles. The SMILES string of the molecule is CSC[C@H](N)[C@H]1COC(C)(C)O1. The monoisotopic (exact) mass is 191 g/mol. The Morgan fingerprint density at radius 3 is 2.75 bits per heavy atom. The van der Waals surface area contributed by atoms with Gasteiger partial charge in [-0.1, -0.05) is 0 Å². The van der Waals surface area contributed by atoms with Crippen molar-refractivity contribution in [2.75, 3.05) is 18.6 Å². The van der Waals surface area contributed by atoms with Crippen LogP contribution in [0.1, 0.15) is 13.8 Å². The van der Waals surface area contributed by atoms with E-state index in [2.05, 4.69) is 0 Å². The maximum Gasteiger partial charge on any atom is 0.163 e. The van der Waals surface area contributed by atoms with Crippen molar-refractivity contribution in [3.63, 3.8) is 0 Å². The molecule has 0 amide bonds. The molecule has 12 heavy (non-hydrogen) atoms. The summed E-state index contributed by atoms with van der Waals surface area (Å²) in [4.78, 5) is 0. The maximum atomic E-state index is 5.88. The van der Waals surface area contributed by atoms with Gasteiger partial charge in [-0.05, 0) is 20.1 Å². The van der Waals surface area contributed by atoms with Crippen molar-refractivity contribution in [3.05, 3.63) is 0 Å². The molecular formula is C8H17NO2S. The highest BCUT2D eigenvalue weighted by atomic mass is 32.2. The van der Waals surface area contributed by atoms with E-state index in [9.17, 15) is 0 Å². The smallest absolute Gasteiger partial charge is 0.163 e. The molecule has 0 unspecified atom stereocenters. The molecule has 1 fully saturated rings. The van der Waals surface area contributed by atoms with E-state index in [1.165, 1.54) is 0 Å². The fraction of sp³-hybridized carbons (Fsp3) is 1.00. The van der Waals surface area contributed by atoms with Crippen LogP contribution in [0.2, 0.25) is 0 Å². The van der Waals surface area contributed by atoms with Crippen molar-refractivity contribution in [3.8, 4) is 0 Å². The topological polar surface area (TPSA) is 44.5 Å². The molecule has 1 heterocycles. The number of hydrogen-bond acceptors (Lipinski definition) is 4. The standard InChI is InChI=1S/C8H17NO2S/c1-8(2)10-4-7(11-8)6(9)5-12-3/h6-7H,4-5,9H2,1-3H3/t6-,7+/m0/s1. The fourth-order valence-electron chi connectivity index (χ4n) is 1.23. The molecule has 1 rings (SSSR count). The summed E-state index contributed by atoms with van der Waals surface area (Å²) in [5.74, 6) is 0.477. The summed E-state index contributed by atoms with van der Waals surface area (Å²) in [5, 5.41) is 0. The van der Waals surface area contributed by atoms with Gasteiger partial charge in [0.1, 0.15) is 6.10 Å². The molecule has 0 aliphatic carbocycles. The van der Waals surface area contributed by atoms with Crippen LogP contribution in [0.5, 0.6) is 0 Å². The van der Waals surface area contributed by atoms with Gasteiger partial charge in [-0.25, -0.2) is 0 Å². The molecule has 1 aliphatic heterocycles. The van der Waals surface area contributed by atoms with Crippen LogP contribution < -0.4 is 5.73 Å². The molecule has 0 aromatic carbocycles. The minimum absolute atomic E-state index is 0.0625. The minimum atomic E-state index is -0.444. The van der Waals surface area contributed by atoms with Crippen LogP contribution in [-0.4, -0.2) is 36.5 Å². The van der Waals surface area contributed by atoms with Gasteiger partial charge in [-0.15, -0.1) is 0 Å². The second-order valence-electron chi connectivity index (χ2n) is 3.49. The second-order valence-corrected chi connectivity index (χ2v) is 4.40. The third kappa shape index (κ3) is 2.62. The lowest BCUT2D eigenvalue weighted by Crippen LogP contribution is -2.39. The minimum Gasteiger partial charge on any atom is -0.348 e. The third-order valence-corrected chi connectivity index (χ3v) is 2.59. The van der Waals surface area contributed by atoms with E-state index in [-0.39, 0.29) is 12.1 Å². The summed E-state index contributed by atoms with van der Waals surface area (Å²) in [6.07, 6.45) is 2.10. The molecule has 4 heteroatoms. The molecule has 1 aliphatic rings. The summed E-state index contributed by atoms with van der Waals surface area (Å²) in [7, 11) is 0. The van der Waals surface area contributed by atoms with Crippen molar-refractivity contribution >= 4 is 11.8 Å². The van der Waals surface area contributed by atoms with Crippen LogP contribution in [0.4, 0.5) is 0 Å². The van der Waals surface area contributed by atoms with Gasteiger partial charge in [0.05, 0.1) is 6.61 Å². The normalized spacial score (nSPS) is 30.5. The molecule has 0 saturated carbocycles. The number of rotatable bonds is 3. The van der Waals surface area contributed by atoms with E-state index in [0.717, 1.165) is 5.75 Å². The van der Waals surface area contributed by atoms with Crippen molar-refractivity contribution < 1.29 is 9.47 Å². The first kappa shape index (κ1) is 10.3. The summed E-state index contributed by atoms with van der Waals surface area (Å²) in [5.41, 5.74) is 5.88. The van der Waals surface area contributed by atoms with Crippen molar-refractivity contribution in [2.24, 2.45) is 5.73 Å². The Hall–Kier alpha value is 0.230. The van der Waals surface area contributed by atoms with Gasteiger partial charge in [-0.3, -0.25) is 0 Å². The number of hydrogen-bond donors (Lipinski definition) is 1. The predicted molar refractivity (Wildman–Crippen MR) is 51.3 cm³/mol. The Morgan fingerprint density at radius 1 is 1.67 bits per heavy atom. The van der Waals surface area contributed by atoms with E-state index in [4.69, 9.17) is 15.2 Å². The van der Waals surface area contributed by atoms with Gasteiger partial charge >= 0.3 is 0 Å². The molecule has 3 nitrogen and oxygen atoms in total. The molecule has 0 aromatic heterocycles. The summed E-state index contributed by atoms with van der Waals surface area (Å²) < 4.78 is 11.0. The quantitative estimate of drug-likeness (QED) is 0.717. The number of ether oxygens (including phenoxy) is 2. The number of nitrogens with two attached hydrogens (primary N) is 1. The van der Waals surface area contributed by atoms with Gasteiger partial charge in [0.2, 0.25) is 0 Å². The summed E-state index contributed by atoms with van der Waals surface area (Å²) >= 11 is 1.74. The van der Waals surface area contributed by atoms with Crippen LogP contribution in [0.15, 0.2) is 0 Å². The van der Waals surface area contributed by atoms with Crippen LogP contribution in [0.3, 0.4) is 0 Å². The molecule has 72 valence electrons. The lowest BCUT2D eigenvalue weighted by molar-refractivity contribution is -0.139. The van der Waals surface area contributed by atoms with E-state index in [0.29, 0.717) is 6.61 Å². The highest BCUT2D eigenvalue weighted by Crippen LogP contribution is 2.24. The fourth-order valence-corrected chi connectivity index (χ4v) is 1.83. The maximum absolute atomic E-state index is 5.88. The zero-order valence-corrected chi connectivity index (χ0v) is 8.69. The van der Waals surface area contributed by atoms with Crippen molar-refractivity contribution in [1.82, 2.24) is 0 Å². The van der Waals surface area contributed by atoms with Crippen LogP contribution >= 0.6 is 11.8 Å². The van der Waals surface area contributed by atoms with Gasteiger partial charge in [-0.2, -0.15) is 11.8 Å². The van der Waals surface area contributed by atoms with Gasteiger partial charge < -0.3 is 15.2 Å². The lowest BCUT2D eigenvalue weighted by atomic mass is 10.2. The Kier molecular flexibility index (Phi) is 3.40. The molecular weight excluding hydrogens is 174 g/mol. The van der Waals surface area contributed by atoms with Crippen LogP contribution in [-0.2, 0) is 9.47 Å². The zero-order chi connectivity index (χ0) is 9.19. The van der Waals surface area contributed by atoms with Crippen molar-refractivity contribution in [2.45, 2.75) is 31.8 Å². The van der Waals surface area contributed by atoms with Gasteiger partial charge in [0.25, 0.3) is 0 Å². The molecule has 0 aromatic rings. The molecule has 2 atom stereocenters. The third-order valence-electron chi connectivity index (χ3n) is 1.87.